The summed E-state index contributed by atoms with van der Waals surface area (Å²) in [5.74, 6) is 1.59. The first kappa shape index (κ1) is 14.0. The topological polar surface area (TPSA) is 29.3 Å². The minimum atomic E-state index is 0.417. The lowest BCUT2D eigenvalue weighted by atomic mass is 9.90. The third-order valence-corrected chi connectivity index (χ3v) is 4.98. The van der Waals surface area contributed by atoms with Crippen molar-refractivity contribution in [1.29, 1.82) is 0 Å². The molecule has 1 aromatic rings. The van der Waals surface area contributed by atoms with Crippen LogP contribution in [0.5, 0.6) is 0 Å². The van der Waals surface area contributed by atoms with Crippen LogP contribution in [0, 0.1) is 25.7 Å². The van der Waals surface area contributed by atoms with Gasteiger partial charge in [0.1, 0.15) is 0 Å². The van der Waals surface area contributed by atoms with Gasteiger partial charge in [-0.15, -0.1) is 11.3 Å². The molecule has 0 radical (unpaired) electrons. The van der Waals surface area contributed by atoms with Crippen LogP contribution in [0.4, 0.5) is 0 Å². The first-order valence-electron chi connectivity index (χ1n) is 7.02. The number of rotatable bonds is 3. The lowest BCUT2D eigenvalue weighted by molar-refractivity contribution is 0.0983. The Morgan fingerprint density at radius 2 is 1.94 bits per heavy atom. The van der Waals surface area contributed by atoms with E-state index in [0.29, 0.717) is 6.04 Å². The van der Waals surface area contributed by atoms with Gasteiger partial charge < -0.3 is 5.73 Å². The second-order valence-corrected chi connectivity index (χ2v) is 7.48. The van der Waals surface area contributed by atoms with Crippen molar-refractivity contribution in [3.8, 4) is 0 Å². The molecule has 2 heterocycles. The van der Waals surface area contributed by atoms with E-state index in [0.717, 1.165) is 18.4 Å². The summed E-state index contributed by atoms with van der Waals surface area (Å²) in [6, 6.07) is 2.75. The van der Waals surface area contributed by atoms with Gasteiger partial charge in [-0.2, -0.15) is 0 Å². The Morgan fingerprint density at radius 1 is 1.33 bits per heavy atom. The Morgan fingerprint density at radius 3 is 2.39 bits per heavy atom. The monoisotopic (exact) mass is 266 g/mol. The predicted octanol–water partition coefficient (Wildman–Crippen LogP) is 3.34. The fourth-order valence-electron chi connectivity index (χ4n) is 3.42. The second kappa shape index (κ2) is 5.72. The largest absolute Gasteiger partial charge is 0.329 e. The van der Waals surface area contributed by atoms with Crippen molar-refractivity contribution in [2.24, 2.45) is 17.6 Å². The lowest BCUT2D eigenvalue weighted by Gasteiger charge is -2.40. The van der Waals surface area contributed by atoms with Crippen molar-refractivity contribution in [1.82, 2.24) is 4.90 Å². The van der Waals surface area contributed by atoms with E-state index in [1.54, 1.807) is 0 Å². The molecular formula is C15H26N2S. The van der Waals surface area contributed by atoms with E-state index in [2.05, 4.69) is 38.7 Å². The Bertz CT molecular complexity index is 389. The van der Waals surface area contributed by atoms with Crippen LogP contribution in [-0.2, 0) is 0 Å². The third-order valence-electron chi connectivity index (χ3n) is 4.00. The molecule has 0 aromatic carbocycles. The first-order chi connectivity index (χ1) is 8.51. The standard InChI is InChI=1S/C15H26N2S/c1-10-5-11(2)9-17(8-10)15(7-16)14-6-12(3)18-13(14)4/h6,10-11,15H,5,7-9,16H2,1-4H3. The smallest absolute Gasteiger partial charge is 0.0481 e. The molecule has 102 valence electrons. The van der Waals surface area contributed by atoms with Crippen LogP contribution in [-0.4, -0.2) is 24.5 Å². The maximum absolute atomic E-state index is 6.07. The van der Waals surface area contributed by atoms with Gasteiger partial charge in [0.2, 0.25) is 0 Å². The van der Waals surface area contributed by atoms with Gasteiger partial charge in [-0.25, -0.2) is 0 Å². The van der Waals surface area contributed by atoms with Crippen LogP contribution in [0.3, 0.4) is 0 Å². The van der Waals surface area contributed by atoms with Gasteiger partial charge in [-0.3, -0.25) is 4.90 Å². The Balaban J connectivity index is 2.20. The van der Waals surface area contributed by atoms with E-state index >= 15 is 0 Å². The molecule has 0 amide bonds. The van der Waals surface area contributed by atoms with Crippen LogP contribution >= 0.6 is 11.3 Å². The van der Waals surface area contributed by atoms with Crippen molar-refractivity contribution >= 4 is 11.3 Å². The van der Waals surface area contributed by atoms with Gasteiger partial charge in [0.15, 0.2) is 0 Å². The highest BCUT2D eigenvalue weighted by molar-refractivity contribution is 7.12. The summed E-state index contributed by atoms with van der Waals surface area (Å²) in [4.78, 5) is 5.45. The van der Waals surface area contributed by atoms with Gasteiger partial charge in [0, 0.05) is 35.4 Å². The molecule has 1 aliphatic heterocycles. The molecule has 1 saturated heterocycles. The van der Waals surface area contributed by atoms with Crippen molar-refractivity contribution < 1.29 is 0 Å². The van der Waals surface area contributed by atoms with Crippen LogP contribution in [0.15, 0.2) is 6.07 Å². The summed E-state index contributed by atoms with van der Waals surface area (Å²) in [5, 5.41) is 0. The third kappa shape index (κ3) is 2.95. The molecule has 0 aliphatic carbocycles. The van der Waals surface area contributed by atoms with E-state index in [-0.39, 0.29) is 0 Å². The first-order valence-corrected chi connectivity index (χ1v) is 7.84. The zero-order chi connectivity index (χ0) is 13.3. The van der Waals surface area contributed by atoms with Gasteiger partial charge in [-0.05, 0) is 43.7 Å². The van der Waals surface area contributed by atoms with Gasteiger partial charge in [0.25, 0.3) is 0 Å². The summed E-state index contributed by atoms with van der Waals surface area (Å²) in [7, 11) is 0. The molecule has 2 rings (SSSR count). The highest BCUT2D eigenvalue weighted by Crippen LogP contribution is 2.33. The summed E-state index contributed by atoms with van der Waals surface area (Å²) < 4.78 is 0. The number of piperidine rings is 1. The predicted molar refractivity (Wildman–Crippen MR) is 80.1 cm³/mol. The summed E-state index contributed by atoms with van der Waals surface area (Å²) in [6.45, 7) is 12.3. The highest BCUT2D eigenvalue weighted by Gasteiger charge is 2.28. The second-order valence-electron chi connectivity index (χ2n) is 6.02. The average molecular weight is 266 g/mol. The molecule has 0 spiro atoms. The Kier molecular flexibility index (Phi) is 4.46. The van der Waals surface area contributed by atoms with E-state index in [4.69, 9.17) is 5.73 Å². The van der Waals surface area contributed by atoms with E-state index in [9.17, 15) is 0 Å². The molecule has 18 heavy (non-hydrogen) atoms. The quantitative estimate of drug-likeness (QED) is 0.909. The minimum Gasteiger partial charge on any atom is -0.329 e. The molecule has 1 aromatic heterocycles. The van der Waals surface area contributed by atoms with Crippen molar-refractivity contribution in [3.63, 3.8) is 0 Å². The number of hydrogen-bond donors (Lipinski definition) is 1. The van der Waals surface area contributed by atoms with E-state index in [1.165, 1.54) is 34.8 Å². The maximum Gasteiger partial charge on any atom is 0.0481 e. The summed E-state index contributed by atoms with van der Waals surface area (Å²) in [5.41, 5.74) is 7.53. The molecule has 3 unspecified atom stereocenters. The Hall–Kier alpha value is -0.380. The number of nitrogens with two attached hydrogens (primary N) is 1. The highest BCUT2D eigenvalue weighted by atomic mass is 32.1. The number of nitrogens with zero attached hydrogens (tertiary/aromatic N) is 1. The van der Waals surface area contributed by atoms with Crippen molar-refractivity contribution in [2.75, 3.05) is 19.6 Å². The Labute approximate surface area is 115 Å². The number of aryl methyl sites for hydroxylation is 2. The normalized spacial score (nSPS) is 27.4. The maximum atomic E-state index is 6.07. The van der Waals surface area contributed by atoms with Crippen LogP contribution in [0.2, 0.25) is 0 Å². The molecule has 1 aliphatic rings. The van der Waals surface area contributed by atoms with Crippen molar-refractivity contribution in [3.05, 3.63) is 21.4 Å². The fourth-order valence-corrected chi connectivity index (χ4v) is 4.40. The van der Waals surface area contributed by atoms with Crippen LogP contribution in [0.25, 0.3) is 0 Å². The van der Waals surface area contributed by atoms with E-state index in [1.807, 2.05) is 11.3 Å². The molecule has 3 atom stereocenters. The number of hydrogen-bond acceptors (Lipinski definition) is 3. The van der Waals surface area contributed by atoms with Gasteiger partial charge in [0.05, 0.1) is 0 Å². The zero-order valence-electron chi connectivity index (χ0n) is 12.1. The molecule has 0 bridgehead atoms. The van der Waals surface area contributed by atoms with Gasteiger partial charge >= 0.3 is 0 Å². The van der Waals surface area contributed by atoms with E-state index < -0.39 is 0 Å². The molecular weight excluding hydrogens is 240 g/mol. The zero-order valence-corrected chi connectivity index (χ0v) is 12.9. The minimum absolute atomic E-state index is 0.417. The average Bonchev–Trinajstić information content (AvgIpc) is 2.58. The molecule has 2 N–H and O–H groups in total. The van der Waals surface area contributed by atoms with Gasteiger partial charge in [-0.1, -0.05) is 13.8 Å². The fraction of sp³-hybridized carbons (Fsp3) is 0.733. The van der Waals surface area contributed by atoms with Crippen molar-refractivity contribution in [2.45, 2.75) is 40.2 Å². The number of likely N-dealkylation sites (tertiary alicyclic amines) is 1. The molecule has 3 heteroatoms. The molecule has 2 nitrogen and oxygen atoms in total. The SMILES string of the molecule is Cc1cc(C(CN)N2CC(C)CC(C)C2)c(C)s1. The lowest BCUT2D eigenvalue weighted by Crippen LogP contribution is -2.43. The molecule has 1 fully saturated rings. The van der Waals surface area contributed by atoms with Crippen LogP contribution < -0.4 is 5.73 Å². The molecule has 0 saturated carbocycles. The van der Waals surface area contributed by atoms with Crippen LogP contribution in [0.1, 0.15) is 41.6 Å². The summed E-state index contributed by atoms with van der Waals surface area (Å²) >= 11 is 1.90. The number of thiophene rings is 1. The summed E-state index contributed by atoms with van der Waals surface area (Å²) in [6.07, 6.45) is 1.36.